The van der Waals surface area contributed by atoms with Crippen LogP contribution in [0.4, 0.5) is 28.9 Å². The molecule has 1 aromatic heterocycles. The Balaban J connectivity index is 2.26. The maximum Gasteiger partial charge on any atom is 0.420 e. The van der Waals surface area contributed by atoms with Crippen molar-refractivity contribution in [2.45, 2.75) is 36.0 Å². The highest BCUT2D eigenvalue weighted by Gasteiger charge is 2.45. The van der Waals surface area contributed by atoms with E-state index in [1.165, 1.54) is 4.90 Å². The molecule has 0 bridgehead atoms. The maximum absolute atomic E-state index is 15.4. The molecule has 0 amide bonds. The molecule has 8 nitrogen and oxygen atoms in total. The summed E-state index contributed by atoms with van der Waals surface area (Å²) in [6.07, 6.45) is -4.67. The Bertz CT molecular complexity index is 1150. The minimum atomic E-state index is -5.04. The molecule has 2 aliphatic rings. The molecule has 13 heteroatoms. The molecule has 2 unspecified atom stereocenters. The highest BCUT2D eigenvalue weighted by Crippen LogP contribution is 2.52. The van der Waals surface area contributed by atoms with Gasteiger partial charge in [0.1, 0.15) is 16.8 Å². The average molecular weight is 447 g/mol. The van der Waals surface area contributed by atoms with E-state index < -0.39 is 68.2 Å². The van der Waals surface area contributed by atoms with Crippen molar-refractivity contribution < 1.29 is 27.5 Å². The summed E-state index contributed by atoms with van der Waals surface area (Å²) in [5.41, 5.74) is 2.46. The molecule has 6 N–H and O–H groups in total. The summed E-state index contributed by atoms with van der Waals surface area (Å²) in [5, 5.41) is 7.99. The number of nitrogens with zero attached hydrogens (tertiary/aromatic N) is 2. The molecule has 2 atom stereocenters. The van der Waals surface area contributed by atoms with Gasteiger partial charge in [0.25, 0.3) is 0 Å². The molecular weight excluding hydrogens is 430 g/mol. The first-order valence-electron chi connectivity index (χ1n) is 8.90. The number of carbonyl (C=O) groups is 1. The molecule has 1 aromatic carbocycles. The highest BCUT2D eigenvalue weighted by molar-refractivity contribution is 8.00. The smallest absolute Gasteiger partial charge is 0.420 e. The van der Waals surface area contributed by atoms with Gasteiger partial charge in [-0.15, -0.1) is 0 Å². The number of rotatable bonds is 3. The number of fused-ring (bicyclic) bond motifs is 3. The van der Waals surface area contributed by atoms with E-state index in [4.69, 9.17) is 11.6 Å². The second-order valence-corrected chi connectivity index (χ2v) is 8.48. The van der Waals surface area contributed by atoms with E-state index >= 15 is 4.39 Å². The number of anilines is 2. The number of hydrazine groups is 1. The predicted molar refractivity (Wildman–Crippen MR) is 103 cm³/mol. The SMILES string of the molecule is CC1Sc2c(C(=O)O)c(=O)c3c(NN)c(F)c(N4CCC(N)C4)c(C(F)(F)F)c3n21. The number of halogens is 4. The number of nitrogens with one attached hydrogen (secondary N) is 1. The molecule has 2 aromatic rings. The first-order valence-corrected chi connectivity index (χ1v) is 9.78. The Labute approximate surface area is 170 Å². The minimum absolute atomic E-state index is 0.00980. The number of carboxylic acid groups (broad SMARTS) is 1. The minimum Gasteiger partial charge on any atom is -0.477 e. The lowest BCUT2D eigenvalue weighted by Crippen LogP contribution is -2.34. The Morgan fingerprint density at radius 1 is 1.37 bits per heavy atom. The van der Waals surface area contributed by atoms with Gasteiger partial charge < -0.3 is 25.7 Å². The lowest BCUT2D eigenvalue weighted by atomic mass is 10.00. The van der Waals surface area contributed by atoms with Gasteiger partial charge in [-0.1, -0.05) is 11.8 Å². The lowest BCUT2D eigenvalue weighted by molar-refractivity contribution is -0.136. The van der Waals surface area contributed by atoms with Gasteiger partial charge in [-0.25, -0.2) is 9.18 Å². The van der Waals surface area contributed by atoms with Crippen molar-refractivity contribution in [2.24, 2.45) is 11.6 Å². The van der Waals surface area contributed by atoms with Crippen LogP contribution in [0.2, 0.25) is 0 Å². The molecule has 0 spiro atoms. The summed E-state index contributed by atoms with van der Waals surface area (Å²) in [4.78, 5) is 25.7. The van der Waals surface area contributed by atoms with Crippen LogP contribution in [-0.2, 0) is 6.18 Å². The second kappa shape index (κ2) is 6.75. The van der Waals surface area contributed by atoms with Crippen molar-refractivity contribution in [3.05, 3.63) is 27.2 Å². The zero-order chi connectivity index (χ0) is 22.1. The normalized spacial score (nSPS) is 21.0. The van der Waals surface area contributed by atoms with Crippen molar-refractivity contribution in [1.82, 2.24) is 4.57 Å². The number of alkyl halides is 3. The van der Waals surface area contributed by atoms with Crippen LogP contribution in [0, 0.1) is 5.82 Å². The van der Waals surface area contributed by atoms with Gasteiger partial charge in [-0.05, 0) is 13.3 Å². The Morgan fingerprint density at radius 3 is 2.50 bits per heavy atom. The van der Waals surface area contributed by atoms with Gasteiger partial charge in [0.2, 0.25) is 5.43 Å². The van der Waals surface area contributed by atoms with Gasteiger partial charge in [0.15, 0.2) is 5.82 Å². The summed E-state index contributed by atoms with van der Waals surface area (Å²) >= 11 is 0.949. The number of hydrogen-bond donors (Lipinski definition) is 4. The Hall–Kier alpha value is -2.51. The van der Waals surface area contributed by atoms with E-state index in [1.807, 2.05) is 5.43 Å². The molecule has 4 rings (SSSR count). The van der Waals surface area contributed by atoms with Crippen molar-refractivity contribution >= 4 is 40.0 Å². The first kappa shape index (κ1) is 20.8. The molecule has 1 saturated heterocycles. The summed E-state index contributed by atoms with van der Waals surface area (Å²) in [5.74, 6) is 2.40. The van der Waals surface area contributed by atoms with E-state index in [-0.39, 0.29) is 18.1 Å². The fraction of sp³-hybridized carbons (Fsp3) is 0.412. The molecule has 3 heterocycles. The summed E-state index contributed by atoms with van der Waals surface area (Å²) in [6, 6.07) is -0.440. The third-order valence-corrected chi connectivity index (χ3v) is 6.52. The Kier molecular flexibility index (Phi) is 4.67. The maximum atomic E-state index is 15.4. The van der Waals surface area contributed by atoms with E-state index in [9.17, 15) is 27.9 Å². The number of benzene rings is 1. The van der Waals surface area contributed by atoms with Crippen LogP contribution in [0.5, 0.6) is 0 Å². The van der Waals surface area contributed by atoms with Crippen LogP contribution in [0.25, 0.3) is 10.9 Å². The van der Waals surface area contributed by atoms with Gasteiger partial charge in [0, 0.05) is 19.1 Å². The second-order valence-electron chi connectivity index (χ2n) is 7.17. The van der Waals surface area contributed by atoms with Crippen molar-refractivity contribution in [2.75, 3.05) is 23.4 Å². The number of aromatic carboxylic acids is 1. The number of thioether (sulfide) groups is 1. The number of nitrogens with two attached hydrogens (primary N) is 2. The van der Waals surface area contributed by atoms with Gasteiger partial charge in [0.05, 0.1) is 27.0 Å². The largest absolute Gasteiger partial charge is 0.477 e. The van der Waals surface area contributed by atoms with Crippen LogP contribution in [0.1, 0.15) is 34.6 Å². The molecule has 0 aliphatic carbocycles. The van der Waals surface area contributed by atoms with E-state index in [0.717, 1.165) is 16.3 Å². The predicted octanol–water partition coefficient (Wildman–Crippen LogP) is 2.30. The molecule has 30 heavy (non-hydrogen) atoms. The molecule has 2 aliphatic heterocycles. The van der Waals surface area contributed by atoms with E-state index in [0.29, 0.717) is 6.42 Å². The molecule has 162 valence electrons. The van der Waals surface area contributed by atoms with Crippen LogP contribution in [0.3, 0.4) is 0 Å². The topological polar surface area (TPSA) is 127 Å². The zero-order valence-electron chi connectivity index (χ0n) is 15.5. The fourth-order valence-corrected chi connectivity index (χ4v) is 5.25. The average Bonchev–Trinajstić information content (AvgIpc) is 3.05. The van der Waals surface area contributed by atoms with Crippen LogP contribution in [0.15, 0.2) is 9.82 Å². The summed E-state index contributed by atoms with van der Waals surface area (Å²) < 4.78 is 59.4. The number of nitrogen functional groups attached to an aromatic ring is 1. The van der Waals surface area contributed by atoms with Gasteiger partial charge in [-0.3, -0.25) is 10.6 Å². The van der Waals surface area contributed by atoms with Gasteiger partial charge >= 0.3 is 12.1 Å². The number of carboxylic acids is 1. The standard InChI is InChI=1S/C17H17F4N5O3S/c1-5-26-12-7(14(27)8(16(28)29)15(26)30-5)11(24-23)10(18)13(9(12)17(19,20)21)25-3-2-6(22)4-25/h5-6,24H,2-4,22-23H2,1H3,(H,28,29). The van der Waals surface area contributed by atoms with Crippen LogP contribution < -0.4 is 27.3 Å². The lowest BCUT2D eigenvalue weighted by Gasteiger charge is -2.35. The highest BCUT2D eigenvalue weighted by atomic mass is 32.2. The third kappa shape index (κ3) is 2.76. The summed E-state index contributed by atoms with van der Waals surface area (Å²) in [6.45, 7) is 1.63. The monoisotopic (exact) mass is 447 g/mol. The van der Waals surface area contributed by atoms with Gasteiger partial charge in [-0.2, -0.15) is 13.2 Å². The Morgan fingerprint density at radius 2 is 2.03 bits per heavy atom. The number of pyridine rings is 1. The molecular formula is C17H17F4N5O3S. The third-order valence-electron chi connectivity index (χ3n) is 5.34. The van der Waals surface area contributed by atoms with Crippen LogP contribution in [-0.4, -0.2) is 34.8 Å². The number of hydrogen-bond acceptors (Lipinski definition) is 7. The number of aromatic nitrogens is 1. The zero-order valence-corrected chi connectivity index (χ0v) is 16.3. The molecule has 1 fully saturated rings. The fourth-order valence-electron chi connectivity index (χ4n) is 4.11. The molecule has 0 saturated carbocycles. The van der Waals surface area contributed by atoms with Crippen molar-refractivity contribution in [3.8, 4) is 0 Å². The quantitative estimate of drug-likeness (QED) is 0.321. The van der Waals surface area contributed by atoms with Crippen molar-refractivity contribution in [1.29, 1.82) is 0 Å². The van der Waals surface area contributed by atoms with Crippen LogP contribution >= 0.6 is 11.8 Å². The van der Waals surface area contributed by atoms with Crippen molar-refractivity contribution in [3.63, 3.8) is 0 Å². The summed E-state index contributed by atoms with van der Waals surface area (Å²) in [7, 11) is 0. The van der Waals surface area contributed by atoms with E-state index in [1.54, 1.807) is 6.92 Å². The molecule has 0 radical (unpaired) electrons. The van der Waals surface area contributed by atoms with E-state index in [2.05, 4.69) is 0 Å². The first-order chi connectivity index (χ1) is 14.0.